The number of aryl methyl sites for hydroxylation is 1. The molecule has 1 amide bonds. The topological polar surface area (TPSA) is 85.8 Å². The molecule has 0 bridgehead atoms. The molecule has 0 aliphatic carbocycles. The molecule has 3 rings (SSSR count). The number of ether oxygens (including phenoxy) is 2. The maximum absolute atomic E-state index is 12.6. The third kappa shape index (κ3) is 5.20. The normalized spacial score (nSPS) is 14.5. The smallest absolute Gasteiger partial charge is 0.351 e. The number of benzene rings is 1. The lowest BCUT2D eigenvalue weighted by molar-refractivity contribution is -0.151. The highest BCUT2D eigenvalue weighted by Crippen LogP contribution is 2.28. The molecule has 1 saturated heterocycles. The molecule has 29 heavy (non-hydrogen) atoms. The van der Waals surface area contributed by atoms with Crippen molar-refractivity contribution in [1.82, 2.24) is 9.88 Å². The zero-order valence-electron chi connectivity index (χ0n) is 16.6. The van der Waals surface area contributed by atoms with Gasteiger partial charge in [-0.3, -0.25) is 9.59 Å². The molecule has 7 nitrogen and oxygen atoms in total. The predicted molar refractivity (Wildman–Crippen MR) is 109 cm³/mol. The van der Waals surface area contributed by atoms with E-state index in [-0.39, 0.29) is 24.4 Å². The van der Waals surface area contributed by atoms with Crippen LogP contribution in [-0.2, 0) is 19.1 Å². The summed E-state index contributed by atoms with van der Waals surface area (Å²) < 4.78 is 10.3. The Morgan fingerprint density at radius 2 is 1.83 bits per heavy atom. The van der Waals surface area contributed by atoms with E-state index in [1.807, 2.05) is 37.3 Å². The summed E-state index contributed by atoms with van der Waals surface area (Å²) in [5.74, 6) is -1.19. The number of carbonyl (C=O) groups excluding carboxylic acids is 3. The Balaban J connectivity index is 1.55. The number of hydrogen-bond acceptors (Lipinski definition) is 7. The molecule has 8 heteroatoms. The van der Waals surface area contributed by atoms with Crippen molar-refractivity contribution in [1.29, 1.82) is 0 Å². The van der Waals surface area contributed by atoms with E-state index in [0.717, 1.165) is 10.6 Å². The van der Waals surface area contributed by atoms with E-state index >= 15 is 0 Å². The minimum atomic E-state index is -0.552. The molecule has 1 aliphatic rings. The van der Waals surface area contributed by atoms with Crippen LogP contribution in [0.25, 0.3) is 11.3 Å². The molecular weight excluding hydrogens is 392 g/mol. The van der Waals surface area contributed by atoms with Crippen molar-refractivity contribution in [3.05, 3.63) is 40.2 Å². The number of likely N-dealkylation sites (tertiary alicyclic amines) is 1. The monoisotopic (exact) mass is 416 g/mol. The number of aromatic nitrogens is 1. The lowest BCUT2D eigenvalue weighted by Gasteiger charge is -2.30. The van der Waals surface area contributed by atoms with Crippen LogP contribution in [-0.4, -0.2) is 54.0 Å². The molecule has 0 radical (unpaired) electrons. The molecule has 1 aliphatic heterocycles. The van der Waals surface area contributed by atoms with Crippen LogP contribution in [0.5, 0.6) is 0 Å². The Morgan fingerprint density at radius 1 is 1.14 bits per heavy atom. The SMILES string of the molecule is CCOC(=O)C1CCN(C(=O)COC(=O)c2sc(C)nc2-c2ccccc2)CC1. The van der Waals surface area contributed by atoms with Crippen molar-refractivity contribution >= 4 is 29.2 Å². The first-order chi connectivity index (χ1) is 14.0. The second kappa shape index (κ2) is 9.65. The molecule has 1 fully saturated rings. The van der Waals surface area contributed by atoms with Crippen LogP contribution in [0.4, 0.5) is 0 Å². The predicted octanol–water partition coefficient (Wildman–Crippen LogP) is 3.08. The molecule has 2 heterocycles. The van der Waals surface area contributed by atoms with Crippen LogP contribution in [0.1, 0.15) is 34.4 Å². The Hall–Kier alpha value is -2.74. The summed E-state index contributed by atoms with van der Waals surface area (Å²) in [6.07, 6.45) is 1.12. The van der Waals surface area contributed by atoms with Gasteiger partial charge in [-0.2, -0.15) is 0 Å². The molecule has 154 valence electrons. The minimum absolute atomic E-state index is 0.171. The number of thiazole rings is 1. The van der Waals surface area contributed by atoms with Gasteiger partial charge in [0.1, 0.15) is 4.88 Å². The first-order valence-electron chi connectivity index (χ1n) is 9.64. The van der Waals surface area contributed by atoms with Crippen LogP contribution in [0.3, 0.4) is 0 Å². The summed E-state index contributed by atoms with van der Waals surface area (Å²) in [6.45, 7) is 4.54. The molecule has 0 spiro atoms. The first kappa shape index (κ1) is 21.0. The van der Waals surface area contributed by atoms with Crippen LogP contribution >= 0.6 is 11.3 Å². The second-order valence-corrected chi connectivity index (χ2v) is 7.96. The fourth-order valence-electron chi connectivity index (χ4n) is 3.27. The van der Waals surface area contributed by atoms with E-state index in [0.29, 0.717) is 43.1 Å². The van der Waals surface area contributed by atoms with E-state index < -0.39 is 5.97 Å². The zero-order chi connectivity index (χ0) is 20.8. The van der Waals surface area contributed by atoms with Gasteiger partial charge in [0.2, 0.25) is 0 Å². The lowest BCUT2D eigenvalue weighted by Crippen LogP contribution is -2.42. The standard InChI is InChI=1S/C21H24N2O5S/c1-3-27-20(25)16-9-11-23(12-10-16)17(24)13-28-21(26)19-18(22-14(2)29-19)15-7-5-4-6-8-15/h4-8,16H,3,9-13H2,1-2H3. The number of piperidine rings is 1. The molecule has 0 saturated carbocycles. The van der Waals surface area contributed by atoms with Gasteiger partial charge in [-0.1, -0.05) is 30.3 Å². The Bertz CT molecular complexity index is 872. The summed E-state index contributed by atoms with van der Waals surface area (Å²) in [5, 5.41) is 0.753. The molecule has 0 N–H and O–H groups in total. The number of rotatable bonds is 6. The van der Waals surface area contributed by atoms with E-state index in [2.05, 4.69) is 4.98 Å². The zero-order valence-corrected chi connectivity index (χ0v) is 17.4. The summed E-state index contributed by atoms with van der Waals surface area (Å²) in [5.41, 5.74) is 1.40. The number of carbonyl (C=O) groups is 3. The average molecular weight is 416 g/mol. The average Bonchev–Trinajstić information content (AvgIpc) is 3.14. The van der Waals surface area contributed by atoms with Crippen molar-refractivity contribution in [3.63, 3.8) is 0 Å². The summed E-state index contributed by atoms with van der Waals surface area (Å²) >= 11 is 1.25. The van der Waals surface area contributed by atoms with Gasteiger partial charge in [0, 0.05) is 18.7 Å². The third-order valence-electron chi connectivity index (χ3n) is 4.76. The molecule has 2 aromatic rings. The Kier molecular flexibility index (Phi) is 6.98. The molecule has 1 aromatic carbocycles. The molecule has 1 aromatic heterocycles. The van der Waals surface area contributed by atoms with Crippen LogP contribution < -0.4 is 0 Å². The van der Waals surface area contributed by atoms with Gasteiger partial charge in [0.25, 0.3) is 5.91 Å². The van der Waals surface area contributed by atoms with Gasteiger partial charge in [-0.25, -0.2) is 9.78 Å². The summed E-state index contributed by atoms with van der Waals surface area (Å²) in [7, 11) is 0. The molecule has 0 unspecified atom stereocenters. The maximum Gasteiger partial charge on any atom is 0.351 e. The fraction of sp³-hybridized carbons (Fsp3) is 0.429. The Morgan fingerprint density at radius 3 is 2.48 bits per heavy atom. The van der Waals surface area contributed by atoms with E-state index in [1.165, 1.54) is 11.3 Å². The summed E-state index contributed by atoms with van der Waals surface area (Å²) in [6, 6.07) is 9.41. The second-order valence-electron chi connectivity index (χ2n) is 6.76. The van der Waals surface area contributed by atoms with Gasteiger partial charge >= 0.3 is 11.9 Å². The molecular formula is C21H24N2O5S. The van der Waals surface area contributed by atoms with Gasteiger partial charge in [0.15, 0.2) is 6.61 Å². The highest BCUT2D eigenvalue weighted by Gasteiger charge is 2.29. The highest BCUT2D eigenvalue weighted by atomic mass is 32.1. The third-order valence-corrected chi connectivity index (χ3v) is 5.71. The number of nitrogens with zero attached hydrogens (tertiary/aromatic N) is 2. The number of esters is 2. The lowest BCUT2D eigenvalue weighted by atomic mass is 9.97. The highest BCUT2D eigenvalue weighted by molar-refractivity contribution is 7.14. The first-order valence-corrected chi connectivity index (χ1v) is 10.5. The van der Waals surface area contributed by atoms with Crippen molar-refractivity contribution in [3.8, 4) is 11.3 Å². The van der Waals surface area contributed by atoms with E-state index in [1.54, 1.807) is 11.8 Å². The van der Waals surface area contributed by atoms with Crippen LogP contribution in [0.2, 0.25) is 0 Å². The Labute approximate surface area is 173 Å². The minimum Gasteiger partial charge on any atom is -0.466 e. The van der Waals surface area contributed by atoms with E-state index in [4.69, 9.17) is 9.47 Å². The van der Waals surface area contributed by atoms with Gasteiger partial charge in [-0.05, 0) is 26.7 Å². The maximum atomic E-state index is 12.6. The van der Waals surface area contributed by atoms with Gasteiger partial charge in [0.05, 0.1) is 23.2 Å². The fourth-order valence-corrected chi connectivity index (χ4v) is 4.10. The molecule has 0 atom stereocenters. The largest absolute Gasteiger partial charge is 0.466 e. The van der Waals surface area contributed by atoms with Crippen molar-refractivity contribution in [2.24, 2.45) is 5.92 Å². The summed E-state index contributed by atoms with van der Waals surface area (Å²) in [4.78, 5) is 43.2. The van der Waals surface area contributed by atoms with Crippen molar-refractivity contribution in [2.45, 2.75) is 26.7 Å². The van der Waals surface area contributed by atoms with Crippen LogP contribution in [0, 0.1) is 12.8 Å². The van der Waals surface area contributed by atoms with Gasteiger partial charge < -0.3 is 14.4 Å². The quantitative estimate of drug-likeness (QED) is 0.673. The number of amides is 1. The van der Waals surface area contributed by atoms with Crippen molar-refractivity contribution in [2.75, 3.05) is 26.3 Å². The van der Waals surface area contributed by atoms with E-state index in [9.17, 15) is 14.4 Å². The van der Waals surface area contributed by atoms with Crippen LogP contribution in [0.15, 0.2) is 30.3 Å². The van der Waals surface area contributed by atoms with Gasteiger partial charge in [-0.15, -0.1) is 11.3 Å². The van der Waals surface area contributed by atoms with Crippen molar-refractivity contribution < 1.29 is 23.9 Å². The number of hydrogen-bond donors (Lipinski definition) is 0.